The molecular formula is C15H13NOS. The van der Waals surface area contributed by atoms with E-state index in [1.165, 1.54) is 10.3 Å². The Morgan fingerprint density at radius 1 is 1.00 bits per heavy atom. The largest absolute Gasteiger partial charge is 0.494 e. The lowest BCUT2D eigenvalue weighted by atomic mass is 10.1. The molecule has 3 heteroatoms. The van der Waals surface area contributed by atoms with Gasteiger partial charge >= 0.3 is 0 Å². The Bertz CT molecular complexity index is 724. The quantitative estimate of drug-likeness (QED) is 0.508. The molecule has 0 aliphatic rings. The van der Waals surface area contributed by atoms with Crippen LogP contribution in [0.15, 0.2) is 47.4 Å². The second kappa shape index (κ2) is 4.50. The zero-order chi connectivity index (χ0) is 12.5. The summed E-state index contributed by atoms with van der Waals surface area (Å²) >= 11 is 1.75. The SMILES string of the molecule is COc1cccc2c(SC)c3ccccc3nc12. The summed E-state index contributed by atoms with van der Waals surface area (Å²) in [6.45, 7) is 0. The Hall–Kier alpha value is -1.74. The number of pyridine rings is 1. The minimum absolute atomic E-state index is 0.827. The first-order valence-corrected chi connectivity index (χ1v) is 6.97. The van der Waals surface area contributed by atoms with Crippen LogP contribution in [0.2, 0.25) is 0 Å². The average Bonchev–Trinajstić information content (AvgIpc) is 2.44. The maximum absolute atomic E-state index is 5.40. The van der Waals surface area contributed by atoms with E-state index in [-0.39, 0.29) is 0 Å². The Kier molecular flexibility index (Phi) is 2.84. The van der Waals surface area contributed by atoms with Gasteiger partial charge in [0.25, 0.3) is 0 Å². The van der Waals surface area contributed by atoms with Crippen LogP contribution in [0.4, 0.5) is 0 Å². The molecule has 0 aliphatic heterocycles. The van der Waals surface area contributed by atoms with Crippen molar-refractivity contribution in [3.05, 3.63) is 42.5 Å². The van der Waals surface area contributed by atoms with E-state index >= 15 is 0 Å². The molecule has 0 bridgehead atoms. The van der Waals surface area contributed by atoms with Gasteiger partial charge in [-0.15, -0.1) is 11.8 Å². The monoisotopic (exact) mass is 255 g/mol. The predicted molar refractivity (Wildman–Crippen MR) is 77.6 cm³/mol. The number of thioether (sulfide) groups is 1. The van der Waals surface area contributed by atoms with E-state index in [1.54, 1.807) is 18.9 Å². The number of hydrogen-bond acceptors (Lipinski definition) is 3. The minimum atomic E-state index is 0.827. The zero-order valence-electron chi connectivity index (χ0n) is 10.3. The fourth-order valence-corrected chi connectivity index (χ4v) is 3.01. The second-order valence-corrected chi connectivity index (χ2v) is 4.84. The third-order valence-corrected chi connectivity index (χ3v) is 3.90. The smallest absolute Gasteiger partial charge is 0.145 e. The van der Waals surface area contributed by atoms with Crippen LogP contribution in [-0.2, 0) is 0 Å². The third-order valence-electron chi connectivity index (χ3n) is 3.05. The molecule has 2 aromatic carbocycles. The lowest BCUT2D eigenvalue weighted by molar-refractivity contribution is 0.419. The number of para-hydroxylation sites is 2. The lowest BCUT2D eigenvalue weighted by Crippen LogP contribution is -1.91. The molecule has 0 saturated carbocycles. The highest BCUT2D eigenvalue weighted by atomic mass is 32.2. The van der Waals surface area contributed by atoms with Crippen molar-refractivity contribution in [2.45, 2.75) is 4.90 Å². The van der Waals surface area contributed by atoms with Gasteiger partial charge < -0.3 is 4.74 Å². The molecule has 0 saturated heterocycles. The molecule has 2 nitrogen and oxygen atoms in total. The van der Waals surface area contributed by atoms with E-state index in [1.807, 2.05) is 24.3 Å². The normalized spacial score (nSPS) is 11.0. The number of hydrogen-bond donors (Lipinski definition) is 0. The van der Waals surface area contributed by atoms with E-state index in [0.29, 0.717) is 0 Å². The zero-order valence-corrected chi connectivity index (χ0v) is 11.1. The second-order valence-electron chi connectivity index (χ2n) is 4.02. The summed E-state index contributed by atoms with van der Waals surface area (Å²) in [5.74, 6) is 0.827. The van der Waals surface area contributed by atoms with E-state index in [2.05, 4.69) is 24.5 Å². The van der Waals surface area contributed by atoms with Crippen LogP contribution in [0.5, 0.6) is 5.75 Å². The van der Waals surface area contributed by atoms with Crippen molar-refractivity contribution in [1.29, 1.82) is 0 Å². The molecule has 0 amide bonds. The number of rotatable bonds is 2. The van der Waals surface area contributed by atoms with Gasteiger partial charge in [-0.05, 0) is 18.4 Å². The van der Waals surface area contributed by atoms with E-state index < -0.39 is 0 Å². The van der Waals surface area contributed by atoms with Crippen LogP contribution in [0.25, 0.3) is 21.8 Å². The van der Waals surface area contributed by atoms with Gasteiger partial charge in [0.2, 0.25) is 0 Å². The van der Waals surface area contributed by atoms with Crippen LogP contribution in [-0.4, -0.2) is 18.3 Å². The molecule has 3 aromatic rings. The summed E-state index contributed by atoms with van der Waals surface area (Å²) in [4.78, 5) is 5.98. The molecule has 0 spiro atoms. The summed E-state index contributed by atoms with van der Waals surface area (Å²) in [7, 11) is 1.68. The highest BCUT2D eigenvalue weighted by molar-refractivity contribution is 7.99. The topological polar surface area (TPSA) is 22.1 Å². The van der Waals surface area contributed by atoms with Crippen molar-refractivity contribution in [3.8, 4) is 5.75 Å². The molecule has 0 aliphatic carbocycles. The molecule has 1 heterocycles. The van der Waals surface area contributed by atoms with Crippen molar-refractivity contribution in [2.75, 3.05) is 13.4 Å². The molecule has 90 valence electrons. The van der Waals surface area contributed by atoms with Crippen LogP contribution in [0.1, 0.15) is 0 Å². The first kappa shape index (κ1) is 11.4. The molecular weight excluding hydrogens is 242 g/mol. The maximum Gasteiger partial charge on any atom is 0.145 e. The summed E-state index contributed by atoms with van der Waals surface area (Å²) in [6, 6.07) is 14.3. The van der Waals surface area contributed by atoms with E-state index in [0.717, 1.165) is 22.2 Å². The van der Waals surface area contributed by atoms with Gasteiger partial charge in [-0.3, -0.25) is 0 Å². The standard InChI is InChI=1S/C15H13NOS/c1-17-13-9-5-7-11-14(13)16-12-8-4-3-6-10(12)15(11)18-2/h3-9H,1-2H3. The molecule has 0 radical (unpaired) electrons. The van der Waals surface area contributed by atoms with Gasteiger partial charge in [0.05, 0.1) is 12.6 Å². The van der Waals surface area contributed by atoms with Gasteiger partial charge in [0.15, 0.2) is 0 Å². The van der Waals surface area contributed by atoms with Gasteiger partial charge in [-0.1, -0.05) is 30.3 Å². The molecule has 0 N–H and O–H groups in total. The van der Waals surface area contributed by atoms with Gasteiger partial charge in [-0.25, -0.2) is 4.98 Å². The average molecular weight is 255 g/mol. The number of aromatic nitrogens is 1. The molecule has 0 fully saturated rings. The number of methoxy groups -OCH3 is 1. The molecule has 18 heavy (non-hydrogen) atoms. The third kappa shape index (κ3) is 1.63. The van der Waals surface area contributed by atoms with Crippen LogP contribution in [0, 0.1) is 0 Å². The fourth-order valence-electron chi connectivity index (χ4n) is 2.23. The van der Waals surface area contributed by atoms with Crippen molar-refractivity contribution >= 4 is 33.6 Å². The maximum atomic E-state index is 5.40. The summed E-state index contributed by atoms with van der Waals surface area (Å²) in [5.41, 5.74) is 1.95. The van der Waals surface area contributed by atoms with Gasteiger partial charge in [-0.2, -0.15) is 0 Å². The molecule has 0 unspecified atom stereocenters. The Morgan fingerprint density at radius 3 is 2.56 bits per heavy atom. The minimum Gasteiger partial charge on any atom is -0.494 e. The molecule has 3 rings (SSSR count). The van der Waals surface area contributed by atoms with E-state index in [4.69, 9.17) is 9.72 Å². The number of benzene rings is 2. The van der Waals surface area contributed by atoms with Gasteiger partial charge in [0.1, 0.15) is 11.3 Å². The summed E-state index contributed by atoms with van der Waals surface area (Å²) < 4.78 is 5.40. The number of fused-ring (bicyclic) bond motifs is 2. The Labute approximate surface area is 110 Å². The molecule has 1 aromatic heterocycles. The molecule has 0 atom stereocenters. The summed E-state index contributed by atoms with van der Waals surface area (Å²) in [6.07, 6.45) is 2.10. The number of ether oxygens (including phenoxy) is 1. The van der Waals surface area contributed by atoms with Crippen LogP contribution in [0.3, 0.4) is 0 Å². The highest BCUT2D eigenvalue weighted by Gasteiger charge is 2.10. The van der Waals surface area contributed by atoms with E-state index in [9.17, 15) is 0 Å². The first-order chi connectivity index (χ1) is 8.85. The van der Waals surface area contributed by atoms with Crippen molar-refractivity contribution in [3.63, 3.8) is 0 Å². The number of nitrogens with zero attached hydrogens (tertiary/aromatic N) is 1. The van der Waals surface area contributed by atoms with Crippen molar-refractivity contribution < 1.29 is 4.74 Å². The van der Waals surface area contributed by atoms with Crippen molar-refractivity contribution in [1.82, 2.24) is 4.98 Å². The highest BCUT2D eigenvalue weighted by Crippen LogP contribution is 2.35. The van der Waals surface area contributed by atoms with Gasteiger partial charge in [0, 0.05) is 15.7 Å². The van der Waals surface area contributed by atoms with Crippen LogP contribution < -0.4 is 4.74 Å². The fraction of sp³-hybridized carbons (Fsp3) is 0.133. The Morgan fingerprint density at radius 2 is 1.78 bits per heavy atom. The Balaban J connectivity index is 2.53. The van der Waals surface area contributed by atoms with Crippen molar-refractivity contribution in [2.24, 2.45) is 0 Å². The summed E-state index contributed by atoms with van der Waals surface area (Å²) in [5, 5.41) is 2.35. The van der Waals surface area contributed by atoms with Crippen LogP contribution >= 0.6 is 11.8 Å². The first-order valence-electron chi connectivity index (χ1n) is 5.74. The lowest BCUT2D eigenvalue weighted by Gasteiger charge is -2.10. The predicted octanol–water partition coefficient (Wildman–Crippen LogP) is 4.12.